The Balaban J connectivity index is 2.09. The minimum atomic E-state index is 0.235. The molecule has 0 N–H and O–H groups in total. The van der Waals surface area contributed by atoms with Gasteiger partial charge in [0.15, 0.2) is 0 Å². The summed E-state index contributed by atoms with van der Waals surface area (Å²) in [6, 6.07) is 8.57. The van der Waals surface area contributed by atoms with E-state index in [-0.39, 0.29) is 11.9 Å². The number of fused-ring (bicyclic) bond motifs is 1. The fourth-order valence-corrected chi connectivity index (χ4v) is 3.45. The summed E-state index contributed by atoms with van der Waals surface area (Å²) in [7, 11) is 0. The first-order valence-corrected chi connectivity index (χ1v) is 8.50. The molecule has 1 unspecified atom stereocenters. The van der Waals surface area contributed by atoms with Gasteiger partial charge >= 0.3 is 0 Å². The number of para-hydroxylation sites is 1. The summed E-state index contributed by atoms with van der Waals surface area (Å²) >= 11 is 0. The Morgan fingerprint density at radius 3 is 2.36 bits per heavy atom. The van der Waals surface area contributed by atoms with E-state index in [4.69, 9.17) is 0 Å². The van der Waals surface area contributed by atoms with Gasteiger partial charge in [0.2, 0.25) is 5.91 Å². The van der Waals surface area contributed by atoms with Crippen LogP contribution in [-0.4, -0.2) is 36.5 Å². The standard InChI is InChI=1S/C19H30N2O/c1-14(2)11-20(12-15(3)4)13-19(22)21-16(5)10-17-8-6-7-9-18(17)21/h6-9,14-16H,10-13H2,1-5H3. The van der Waals surface area contributed by atoms with E-state index in [9.17, 15) is 4.79 Å². The number of hydrogen-bond acceptors (Lipinski definition) is 2. The van der Waals surface area contributed by atoms with Crippen LogP contribution in [0, 0.1) is 11.8 Å². The Morgan fingerprint density at radius 2 is 1.77 bits per heavy atom. The van der Waals surface area contributed by atoms with E-state index in [1.54, 1.807) is 0 Å². The molecule has 0 saturated carbocycles. The van der Waals surface area contributed by atoms with E-state index in [0.717, 1.165) is 25.2 Å². The Hall–Kier alpha value is -1.35. The van der Waals surface area contributed by atoms with Crippen LogP contribution in [0.5, 0.6) is 0 Å². The van der Waals surface area contributed by atoms with Crippen molar-refractivity contribution < 1.29 is 4.79 Å². The first-order chi connectivity index (χ1) is 10.4. The first kappa shape index (κ1) is 17.0. The normalized spacial score (nSPS) is 17.6. The van der Waals surface area contributed by atoms with Gasteiger partial charge in [-0.25, -0.2) is 0 Å². The fourth-order valence-electron chi connectivity index (χ4n) is 3.45. The smallest absolute Gasteiger partial charge is 0.241 e. The molecule has 0 spiro atoms. The van der Waals surface area contributed by atoms with Gasteiger partial charge in [-0.15, -0.1) is 0 Å². The SMILES string of the molecule is CC(C)CN(CC(=O)N1c2ccccc2CC1C)CC(C)C. The van der Waals surface area contributed by atoms with E-state index in [2.05, 4.69) is 57.7 Å². The minimum Gasteiger partial charge on any atom is -0.308 e. The van der Waals surface area contributed by atoms with Gasteiger partial charge in [-0.05, 0) is 36.8 Å². The van der Waals surface area contributed by atoms with Crippen molar-refractivity contribution >= 4 is 11.6 Å². The molecule has 0 aliphatic carbocycles. The summed E-state index contributed by atoms with van der Waals surface area (Å²) in [4.78, 5) is 17.2. The van der Waals surface area contributed by atoms with Gasteiger partial charge in [-0.1, -0.05) is 45.9 Å². The molecule has 0 aromatic heterocycles. The zero-order chi connectivity index (χ0) is 16.3. The molecule has 1 amide bonds. The van der Waals surface area contributed by atoms with Crippen LogP contribution in [0.1, 0.15) is 40.2 Å². The third-order valence-corrected chi connectivity index (χ3v) is 4.08. The highest BCUT2D eigenvalue weighted by molar-refractivity contribution is 5.97. The van der Waals surface area contributed by atoms with Crippen molar-refractivity contribution in [3.8, 4) is 0 Å². The van der Waals surface area contributed by atoms with Crippen molar-refractivity contribution in [2.45, 2.75) is 47.1 Å². The maximum absolute atomic E-state index is 12.9. The third kappa shape index (κ3) is 4.10. The molecule has 1 aliphatic heterocycles. The largest absolute Gasteiger partial charge is 0.308 e. The number of hydrogen-bond donors (Lipinski definition) is 0. The van der Waals surface area contributed by atoms with Gasteiger partial charge in [0, 0.05) is 24.8 Å². The second-order valence-corrected chi connectivity index (χ2v) is 7.43. The molecule has 3 heteroatoms. The topological polar surface area (TPSA) is 23.6 Å². The molecule has 1 atom stereocenters. The highest BCUT2D eigenvalue weighted by Gasteiger charge is 2.31. The molecule has 3 nitrogen and oxygen atoms in total. The molecule has 1 aliphatic rings. The molecule has 2 rings (SSSR count). The number of nitrogens with zero attached hydrogens (tertiary/aromatic N) is 2. The van der Waals surface area contributed by atoms with Crippen LogP contribution in [0.4, 0.5) is 5.69 Å². The molecule has 0 radical (unpaired) electrons. The molecule has 1 heterocycles. The molecule has 0 bridgehead atoms. The zero-order valence-electron chi connectivity index (χ0n) is 14.7. The van der Waals surface area contributed by atoms with Crippen molar-refractivity contribution in [3.05, 3.63) is 29.8 Å². The second-order valence-electron chi connectivity index (χ2n) is 7.43. The van der Waals surface area contributed by atoms with Crippen LogP contribution in [0.25, 0.3) is 0 Å². The van der Waals surface area contributed by atoms with Gasteiger partial charge in [-0.2, -0.15) is 0 Å². The average molecular weight is 302 g/mol. The number of carbonyl (C=O) groups excluding carboxylic acids is 1. The Morgan fingerprint density at radius 1 is 1.18 bits per heavy atom. The van der Waals surface area contributed by atoms with Crippen LogP contribution < -0.4 is 4.90 Å². The van der Waals surface area contributed by atoms with Gasteiger partial charge in [0.1, 0.15) is 0 Å². The van der Waals surface area contributed by atoms with E-state index < -0.39 is 0 Å². The fraction of sp³-hybridized carbons (Fsp3) is 0.632. The van der Waals surface area contributed by atoms with Crippen molar-refractivity contribution in [2.24, 2.45) is 11.8 Å². The summed E-state index contributed by atoms with van der Waals surface area (Å²) in [5.74, 6) is 1.39. The number of amides is 1. The lowest BCUT2D eigenvalue weighted by Crippen LogP contribution is -2.45. The second kappa shape index (κ2) is 7.28. The van der Waals surface area contributed by atoms with Crippen LogP contribution in [-0.2, 0) is 11.2 Å². The predicted octanol–water partition coefficient (Wildman–Crippen LogP) is 3.58. The lowest BCUT2D eigenvalue weighted by Gasteiger charge is -2.29. The van der Waals surface area contributed by atoms with E-state index in [1.807, 2.05) is 11.0 Å². The van der Waals surface area contributed by atoms with Crippen LogP contribution >= 0.6 is 0 Å². The van der Waals surface area contributed by atoms with Gasteiger partial charge in [0.25, 0.3) is 0 Å². The molecule has 122 valence electrons. The number of anilines is 1. The lowest BCUT2D eigenvalue weighted by molar-refractivity contribution is -0.120. The van der Waals surface area contributed by atoms with Crippen molar-refractivity contribution in [2.75, 3.05) is 24.5 Å². The van der Waals surface area contributed by atoms with Crippen LogP contribution in [0.2, 0.25) is 0 Å². The zero-order valence-corrected chi connectivity index (χ0v) is 14.7. The third-order valence-electron chi connectivity index (χ3n) is 4.08. The molecule has 1 aromatic rings. The Labute approximate surface area is 135 Å². The van der Waals surface area contributed by atoms with Gasteiger partial charge < -0.3 is 4.90 Å². The van der Waals surface area contributed by atoms with E-state index in [1.165, 1.54) is 5.56 Å². The van der Waals surface area contributed by atoms with Crippen LogP contribution in [0.15, 0.2) is 24.3 Å². The molecule has 0 fully saturated rings. The Kier molecular flexibility index (Phi) is 5.63. The van der Waals surface area contributed by atoms with Crippen molar-refractivity contribution in [1.29, 1.82) is 0 Å². The number of carbonyl (C=O) groups is 1. The van der Waals surface area contributed by atoms with Crippen molar-refractivity contribution in [3.63, 3.8) is 0 Å². The quantitative estimate of drug-likeness (QED) is 0.802. The van der Waals surface area contributed by atoms with Crippen molar-refractivity contribution in [1.82, 2.24) is 4.90 Å². The van der Waals surface area contributed by atoms with Gasteiger partial charge in [0.05, 0.1) is 6.54 Å². The number of benzene rings is 1. The van der Waals surface area contributed by atoms with Crippen LogP contribution in [0.3, 0.4) is 0 Å². The molecule has 22 heavy (non-hydrogen) atoms. The predicted molar refractivity (Wildman–Crippen MR) is 93.2 cm³/mol. The summed E-state index contributed by atoms with van der Waals surface area (Å²) in [5, 5.41) is 0. The highest BCUT2D eigenvalue weighted by Crippen LogP contribution is 2.31. The lowest BCUT2D eigenvalue weighted by atomic mass is 10.1. The summed E-state index contributed by atoms with van der Waals surface area (Å²) in [6.45, 7) is 13.5. The summed E-state index contributed by atoms with van der Waals surface area (Å²) < 4.78 is 0. The molecule has 0 saturated heterocycles. The summed E-state index contributed by atoms with van der Waals surface area (Å²) in [6.07, 6.45) is 0.969. The summed E-state index contributed by atoms with van der Waals surface area (Å²) in [5.41, 5.74) is 2.40. The molecular formula is C19H30N2O. The minimum absolute atomic E-state index is 0.235. The van der Waals surface area contributed by atoms with E-state index in [0.29, 0.717) is 18.4 Å². The molecular weight excluding hydrogens is 272 g/mol. The van der Waals surface area contributed by atoms with Gasteiger partial charge in [-0.3, -0.25) is 9.69 Å². The molecule has 1 aromatic carbocycles. The average Bonchev–Trinajstić information content (AvgIpc) is 2.72. The maximum Gasteiger partial charge on any atom is 0.241 e. The Bertz CT molecular complexity index is 500. The number of rotatable bonds is 6. The monoisotopic (exact) mass is 302 g/mol. The maximum atomic E-state index is 12.9. The van der Waals surface area contributed by atoms with E-state index >= 15 is 0 Å². The highest BCUT2D eigenvalue weighted by atomic mass is 16.2. The first-order valence-electron chi connectivity index (χ1n) is 8.50.